The molecule has 0 aliphatic rings. The fraction of sp³-hybridized carbons (Fsp3) is 0.238. The van der Waals surface area contributed by atoms with Crippen LogP contribution in [-0.2, 0) is 6.54 Å². The van der Waals surface area contributed by atoms with Crippen molar-refractivity contribution in [2.75, 3.05) is 25.6 Å². The van der Waals surface area contributed by atoms with Crippen LogP contribution in [0.4, 0.5) is 5.69 Å². The predicted octanol–water partition coefficient (Wildman–Crippen LogP) is 3.04. The quantitative estimate of drug-likeness (QED) is 0.555. The maximum absolute atomic E-state index is 12.5. The second-order valence-electron chi connectivity index (χ2n) is 6.52. The number of nitrogens with zero attached hydrogens (tertiary/aromatic N) is 1. The molecule has 0 fully saturated rings. The van der Waals surface area contributed by atoms with Gasteiger partial charge in [0.15, 0.2) is 5.11 Å². The molecular weight excluding hydrogens is 374 g/mol. The average Bonchev–Trinajstić information content (AvgIpc) is 2.68. The second kappa shape index (κ2) is 8.86. The van der Waals surface area contributed by atoms with Gasteiger partial charge in [-0.15, -0.1) is 0 Å². The first-order valence-corrected chi connectivity index (χ1v) is 9.34. The number of aliphatic hydroxyl groups is 1. The number of H-pyrrole nitrogens is 1. The van der Waals surface area contributed by atoms with E-state index < -0.39 is 0 Å². The molecule has 2 aromatic carbocycles. The summed E-state index contributed by atoms with van der Waals surface area (Å²) in [6, 6.07) is 15.2. The monoisotopic (exact) mass is 397 g/mol. The highest BCUT2D eigenvalue weighted by molar-refractivity contribution is 7.80. The minimum absolute atomic E-state index is 0.0743. The Morgan fingerprint density at radius 1 is 1.21 bits per heavy atom. The molecule has 6 nitrogen and oxygen atoms in total. The molecule has 3 N–H and O–H groups in total. The Bertz CT molecular complexity index is 1030. The van der Waals surface area contributed by atoms with Gasteiger partial charge in [0.1, 0.15) is 5.75 Å². The Kier molecular flexibility index (Phi) is 6.28. The molecule has 0 aliphatic carbocycles. The minimum Gasteiger partial charge on any atom is -0.497 e. The van der Waals surface area contributed by atoms with E-state index in [2.05, 4.69) is 10.3 Å². The molecule has 1 aromatic heterocycles. The molecule has 3 rings (SSSR count). The van der Waals surface area contributed by atoms with Crippen molar-refractivity contribution in [1.29, 1.82) is 0 Å². The lowest BCUT2D eigenvalue weighted by atomic mass is 10.1. The normalized spacial score (nSPS) is 10.7. The number of anilines is 1. The molecule has 0 amide bonds. The Labute approximate surface area is 168 Å². The molecule has 0 saturated heterocycles. The van der Waals surface area contributed by atoms with Crippen LogP contribution in [0, 0.1) is 6.92 Å². The highest BCUT2D eigenvalue weighted by Crippen LogP contribution is 2.17. The van der Waals surface area contributed by atoms with Gasteiger partial charge in [0.05, 0.1) is 20.3 Å². The van der Waals surface area contributed by atoms with Gasteiger partial charge in [0.25, 0.3) is 5.56 Å². The molecule has 3 aromatic rings. The van der Waals surface area contributed by atoms with Gasteiger partial charge in [-0.2, -0.15) is 0 Å². The van der Waals surface area contributed by atoms with Gasteiger partial charge in [0.2, 0.25) is 0 Å². The van der Waals surface area contributed by atoms with Crippen molar-refractivity contribution in [3.63, 3.8) is 0 Å². The Balaban J connectivity index is 1.80. The van der Waals surface area contributed by atoms with Gasteiger partial charge in [-0.05, 0) is 66.5 Å². The average molecular weight is 398 g/mol. The lowest BCUT2D eigenvalue weighted by Crippen LogP contribution is -2.37. The summed E-state index contributed by atoms with van der Waals surface area (Å²) in [7, 11) is 1.61. The van der Waals surface area contributed by atoms with E-state index in [1.807, 2.05) is 55.5 Å². The maximum Gasteiger partial charge on any atom is 0.253 e. The SMILES string of the molecule is COc1ccc(NC(=S)N(CCO)Cc2cc3ccc(C)cc3[nH]c2=O)cc1. The van der Waals surface area contributed by atoms with Gasteiger partial charge in [-0.1, -0.05) is 12.1 Å². The maximum atomic E-state index is 12.5. The summed E-state index contributed by atoms with van der Waals surface area (Å²) in [4.78, 5) is 17.2. The molecule has 0 saturated carbocycles. The number of hydrogen-bond acceptors (Lipinski definition) is 4. The second-order valence-corrected chi connectivity index (χ2v) is 6.90. The fourth-order valence-electron chi connectivity index (χ4n) is 2.93. The number of pyridine rings is 1. The third kappa shape index (κ3) is 4.68. The number of thiocarbonyl (C=S) groups is 1. The number of ether oxygens (including phenoxy) is 1. The molecule has 1 heterocycles. The minimum atomic E-state index is -0.159. The third-order valence-corrected chi connectivity index (χ3v) is 4.80. The van der Waals surface area contributed by atoms with Crippen molar-refractivity contribution < 1.29 is 9.84 Å². The summed E-state index contributed by atoms with van der Waals surface area (Å²) >= 11 is 5.50. The van der Waals surface area contributed by atoms with Crippen molar-refractivity contribution in [2.45, 2.75) is 13.5 Å². The molecule has 146 valence electrons. The first kappa shape index (κ1) is 19.9. The van der Waals surface area contributed by atoms with E-state index in [-0.39, 0.29) is 12.2 Å². The summed E-state index contributed by atoms with van der Waals surface area (Å²) < 4.78 is 5.15. The van der Waals surface area contributed by atoms with Crippen LogP contribution >= 0.6 is 12.2 Å². The van der Waals surface area contributed by atoms with E-state index >= 15 is 0 Å². The number of rotatable bonds is 6. The summed E-state index contributed by atoms with van der Waals surface area (Å²) in [5, 5.41) is 14.0. The van der Waals surface area contributed by atoms with Crippen LogP contribution in [0.3, 0.4) is 0 Å². The number of nitrogens with one attached hydrogen (secondary N) is 2. The molecule has 0 bridgehead atoms. The first-order valence-electron chi connectivity index (χ1n) is 8.93. The number of hydrogen-bond donors (Lipinski definition) is 3. The molecule has 28 heavy (non-hydrogen) atoms. The van der Waals surface area contributed by atoms with E-state index in [9.17, 15) is 9.90 Å². The van der Waals surface area contributed by atoms with Gasteiger partial charge >= 0.3 is 0 Å². The Morgan fingerprint density at radius 2 is 1.96 bits per heavy atom. The van der Waals surface area contributed by atoms with Gasteiger partial charge < -0.3 is 25.0 Å². The van der Waals surface area contributed by atoms with Crippen LogP contribution in [-0.4, -0.2) is 40.4 Å². The Morgan fingerprint density at radius 3 is 2.64 bits per heavy atom. The molecule has 0 unspecified atom stereocenters. The number of fused-ring (bicyclic) bond motifs is 1. The lowest BCUT2D eigenvalue weighted by Gasteiger charge is -2.25. The van der Waals surface area contributed by atoms with Crippen LogP contribution in [0.15, 0.2) is 53.3 Å². The number of methoxy groups -OCH3 is 1. The molecule has 0 aliphatic heterocycles. The standard InChI is InChI=1S/C21H23N3O3S/c1-14-3-4-15-12-16(20(26)23-19(15)11-14)13-24(9-10-25)21(28)22-17-5-7-18(27-2)8-6-17/h3-8,11-12,25H,9-10,13H2,1-2H3,(H,22,28)(H,23,26). The zero-order valence-corrected chi connectivity index (χ0v) is 16.7. The van der Waals surface area contributed by atoms with E-state index in [0.29, 0.717) is 23.8 Å². The number of aliphatic hydroxyl groups excluding tert-OH is 1. The summed E-state index contributed by atoms with van der Waals surface area (Å²) in [6.45, 7) is 2.52. The predicted molar refractivity (Wildman–Crippen MR) is 116 cm³/mol. The zero-order valence-electron chi connectivity index (χ0n) is 15.9. The van der Waals surface area contributed by atoms with Gasteiger partial charge in [-0.25, -0.2) is 0 Å². The summed E-state index contributed by atoms with van der Waals surface area (Å²) in [5.74, 6) is 0.751. The van der Waals surface area contributed by atoms with E-state index in [0.717, 1.165) is 27.9 Å². The topological polar surface area (TPSA) is 77.6 Å². The highest BCUT2D eigenvalue weighted by Gasteiger charge is 2.13. The first-order chi connectivity index (χ1) is 13.5. The molecule has 0 radical (unpaired) electrons. The summed E-state index contributed by atoms with van der Waals surface area (Å²) in [5.41, 5.74) is 3.12. The number of aromatic amines is 1. The number of benzene rings is 2. The van der Waals surface area contributed by atoms with Gasteiger partial charge in [0, 0.05) is 23.3 Å². The zero-order chi connectivity index (χ0) is 20.1. The van der Waals surface area contributed by atoms with E-state index in [1.54, 1.807) is 12.0 Å². The fourth-order valence-corrected chi connectivity index (χ4v) is 3.21. The molecule has 7 heteroatoms. The van der Waals surface area contributed by atoms with E-state index in [4.69, 9.17) is 17.0 Å². The van der Waals surface area contributed by atoms with Crippen molar-refractivity contribution >= 4 is 33.9 Å². The third-order valence-electron chi connectivity index (χ3n) is 4.44. The van der Waals surface area contributed by atoms with E-state index in [1.165, 1.54) is 0 Å². The van der Waals surface area contributed by atoms with Crippen molar-refractivity contribution in [2.24, 2.45) is 0 Å². The summed E-state index contributed by atoms with van der Waals surface area (Å²) in [6.07, 6.45) is 0. The lowest BCUT2D eigenvalue weighted by molar-refractivity contribution is 0.248. The number of aromatic nitrogens is 1. The highest BCUT2D eigenvalue weighted by atomic mass is 32.1. The number of aryl methyl sites for hydroxylation is 1. The molecule has 0 atom stereocenters. The molecule has 0 spiro atoms. The Hall–Kier alpha value is -2.90. The van der Waals surface area contributed by atoms with Crippen molar-refractivity contribution in [3.8, 4) is 5.75 Å². The smallest absolute Gasteiger partial charge is 0.253 e. The molecular formula is C21H23N3O3S. The van der Waals surface area contributed by atoms with Crippen LogP contribution in [0.5, 0.6) is 5.75 Å². The largest absolute Gasteiger partial charge is 0.497 e. The van der Waals surface area contributed by atoms with Crippen molar-refractivity contribution in [1.82, 2.24) is 9.88 Å². The van der Waals surface area contributed by atoms with Crippen LogP contribution < -0.4 is 15.6 Å². The van der Waals surface area contributed by atoms with Gasteiger partial charge in [-0.3, -0.25) is 4.79 Å². The van der Waals surface area contributed by atoms with Crippen LogP contribution in [0.1, 0.15) is 11.1 Å². The van der Waals surface area contributed by atoms with Crippen molar-refractivity contribution in [3.05, 3.63) is 70.0 Å². The van der Waals surface area contributed by atoms with Crippen LogP contribution in [0.2, 0.25) is 0 Å². The van der Waals surface area contributed by atoms with Crippen LogP contribution in [0.25, 0.3) is 10.9 Å².